The predicted octanol–water partition coefficient (Wildman–Crippen LogP) is 2.43. The fourth-order valence-electron chi connectivity index (χ4n) is 3.35. The number of sulfone groups is 1. The molecule has 6 nitrogen and oxygen atoms in total. The highest BCUT2D eigenvalue weighted by Crippen LogP contribution is 2.24. The third-order valence-electron chi connectivity index (χ3n) is 4.94. The molecule has 0 aromatic rings. The lowest BCUT2D eigenvalue weighted by molar-refractivity contribution is 0.0334. The van der Waals surface area contributed by atoms with Gasteiger partial charge in [-0.15, -0.1) is 24.0 Å². The van der Waals surface area contributed by atoms with E-state index in [0.29, 0.717) is 32.3 Å². The highest BCUT2D eigenvalue weighted by Gasteiger charge is 2.40. The first-order valence-electron chi connectivity index (χ1n) is 9.23. The van der Waals surface area contributed by atoms with Crippen molar-refractivity contribution in [2.75, 3.05) is 38.5 Å². The molecule has 1 aliphatic heterocycles. The Morgan fingerprint density at radius 2 is 1.96 bits per heavy atom. The van der Waals surface area contributed by atoms with Gasteiger partial charge in [-0.1, -0.05) is 19.3 Å². The van der Waals surface area contributed by atoms with Crippen molar-refractivity contribution in [3.8, 4) is 0 Å². The molecule has 1 aliphatic carbocycles. The minimum Gasteiger partial charge on any atom is -0.376 e. The first-order valence-corrected chi connectivity index (χ1v) is 10.9. The summed E-state index contributed by atoms with van der Waals surface area (Å²) in [5.74, 6) is 0.982. The van der Waals surface area contributed by atoms with Crippen molar-refractivity contribution in [1.82, 2.24) is 10.2 Å². The van der Waals surface area contributed by atoms with Crippen LogP contribution in [0, 0.1) is 0 Å². The monoisotopic (exact) mass is 487 g/mol. The largest absolute Gasteiger partial charge is 0.376 e. The Morgan fingerprint density at radius 3 is 2.56 bits per heavy atom. The lowest BCUT2D eigenvalue weighted by Crippen LogP contribution is -2.57. The van der Waals surface area contributed by atoms with Crippen LogP contribution in [0.4, 0.5) is 0 Å². The second-order valence-electron chi connectivity index (χ2n) is 7.37. The summed E-state index contributed by atoms with van der Waals surface area (Å²) in [6.07, 6.45) is 6.61. The van der Waals surface area contributed by atoms with Crippen molar-refractivity contribution in [2.45, 2.75) is 63.7 Å². The van der Waals surface area contributed by atoms with Crippen LogP contribution >= 0.6 is 24.0 Å². The maximum Gasteiger partial charge on any atom is 0.194 e. The summed E-state index contributed by atoms with van der Waals surface area (Å²) in [6.45, 7) is 8.61. The number of guanidine groups is 1. The van der Waals surface area contributed by atoms with E-state index < -0.39 is 14.6 Å². The number of ether oxygens (including phenoxy) is 1. The molecule has 0 atom stereocenters. The summed E-state index contributed by atoms with van der Waals surface area (Å²) in [7, 11) is -3.03. The van der Waals surface area contributed by atoms with Crippen LogP contribution < -0.4 is 5.32 Å². The molecule has 8 heteroatoms. The summed E-state index contributed by atoms with van der Waals surface area (Å²) < 4.78 is 29.5. The van der Waals surface area contributed by atoms with Crippen molar-refractivity contribution in [2.24, 2.45) is 4.99 Å². The highest BCUT2D eigenvalue weighted by atomic mass is 127. The van der Waals surface area contributed by atoms with Gasteiger partial charge >= 0.3 is 0 Å². The van der Waals surface area contributed by atoms with E-state index in [1.807, 2.05) is 6.92 Å². The fraction of sp³-hybridized carbons (Fsp3) is 0.941. The lowest BCUT2D eigenvalue weighted by atomic mass is 9.98. The first-order chi connectivity index (χ1) is 11.4. The number of aliphatic imine (C=N–C) groups is 1. The number of nitrogens with zero attached hydrogens (tertiary/aromatic N) is 2. The van der Waals surface area contributed by atoms with Gasteiger partial charge in [0.2, 0.25) is 0 Å². The average molecular weight is 487 g/mol. The molecule has 1 heterocycles. The molecule has 0 bridgehead atoms. The summed E-state index contributed by atoms with van der Waals surface area (Å²) in [5.41, 5.74) is 0. The molecular weight excluding hydrogens is 453 g/mol. The molecule has 0 unspecified atom stereocenters. The Hall–Kier alpha value is -0.0900. The van der Waals surface area contributed by atoms with Crippen LogP contribution in [0.15, 0.2) is 4.99 Å². The Kier molecular flexibility index (Phi) is 9.45. The highest BCUT2D eigenvalue weighted by molar-refractivity contribution is 14.0. The molecule has 1 saturated carbocycles. The molecule has 2 rings (SSSR count). The van der Waals surface area contributed by atoms with Crippen LogP contribution in [-0.4, -0.2) is 68.7 Å². The van der Waals surface area contributed by atoms with Crippen molar-refractivity contribution in [1.29, 1.82) is 0 Å². The second-order valence-corrected chi connectivity index (χ2v) is 10.1. The normalized spacial score (nSPS) is 23.8. The second kappa shape index (κ2) is 10.3. The molecule has 0 amide bonds. The van der Waals surface area contributed by atoms with E-state index in [4.69, 9.17) is 4.74 Å². The molecule has 148 valence electrons. The average Bonchev–Trinajstić information content (AvgIpc) is 2.54. The van der Waals surface area contributed by atoms with Gasteiger partial charge in [0.1, 0.15) is 0 Å². The SMILES string of the molecule is CCNC(=NCCOC1CCCCC1)N1CCS(=O)(=O)C(C)(C)C1.I. The number of nitrogens with one attached hydrogen (secondary N) is 1. The van der Waals surface area contributed by atoms with E-state index in [1.54, 1.807) is 13.8 Å². The summed E-state index contributed by atoms with van der Waals surface area (Å²) in [4.78, 5) is 6.71. The topological polar surface area (TPSA) is 71.0 Å². The van der Waals surface area contributed by atoms with Crippen LogP contribution in [-0.2, 0) is 14.6 Å². The van der Waals surface area contributed by atoms with Crippen LogP contribution in [0.2, 0.25) is 0 Å². The summed E-state index contributed by atoms with van der Waals surface area (Å²) in [5, 5.41) is 3.28. The van der Waals surface area contributed by atoms with E-state index in [0.717, 1.165) is 12.5 Å². The maximum atomic E-state index is 12.2. The molecule has 25 heavy (non-hydrogen) atoms. The standard InChI is InChI=1S/C17H33N3O3S.HI/c1-4-18-16(19-10-12-23-15-8-6-5-7-9-15)20-11-13-24(21,22)17(2,3)14-20;/h15H,4-14H2,1-3H3,(H,18,19);1H. The third-order valence-corrected chi connectivity index (χ3v) is 7.47. The molecule has 1 N–H and O–H groups in total. The first kappa shape index (κ1) is 23.0. The number of rotatable bonds is 5. The van der Waals surface area contributed by atoms with Crippen LogP contribution in [0.5, 0.6) is 0 Å². The quantitative estimate of drug-likeness (QED) is 0.279. The van der Waals surface area contributed by atoms with Gasteiger partial charge in [0.15, 0.2) is 15.8 Å². The molecular formula is C17H34IN3O3S. The molecule has 0 spiro atoms. The van der Waals surface area contributed by atoms with Crippen molar-refractivity contribution < 1.29 is 13.2 Å². The van der Waals surface area contributed by atoms with Crippen LogP contribution in [0.25, 0.3) is 0 Å². The van der Waals surface area contributed by atoms with Crippen molar-refractivity contribution >= 4 is 39.8 Å². The van der Waals surface area contributed by atoms with E-state index in [9.17, 15) is 8.42 Å². The van der Waals surface area contributed by atoms with Gasteiger partial charge in [-0.3, -0.25) is 4.99 Å². The number of hydrogen-bond donors (Lipinski definition) is 1. The number of hydrogen-bond acceptors (Lipinski definition) is 4. The Morgan fingerprint density at radius 1 is 1.28 bits per heavy atom. The smallest absolute Gasteiger partial charge is 0.194 e. The molecule has 2 fully saturated rings. The Labute approximate surface area is 170 Å². The van der Waals surface area contributed by atoms with Crippen LogP contribution in [0.1, 0.15) is 52.9 Å². The molecule has 0 radical (unpaired) electrons. The van der Waals surface area contributed by atoms with E-state index in [1.165, 1.54) is 32.1 Å². The number of halogens is 1. The van der Waals surface area contributed by atoms with Gasteiger partial charge in [-0.05, 0) is 33.6 Å². The van der Waals surface area contributed by atoms with E-state index in [-0.39, 0.29) is 29.7 Å². The summed E-state index contributed by atoms with van der Waals surface area (Å²) >= 11 is 0. The molecule has 2 aliphatic rings. The van der Waals surface area contributed by atoms with Gasteiger partial charge in [0.05, 0.1) is 29.8 Å². The Balaban J connectivity index is 0.00000312. The van der Waals surface area contributed by atoms with Crippen molar-refractivity contribution in [3.63, 3.8) is 0 Å². The van der Waals surface area contributed by atoms with E-state index >= 15 is 0 Å². The molecule has 0 aromatic heterocycles. The van der Waals surface area contributed by atoms with Gasteiger partial charge in [0, 0.05) is 19.6 Å². The maximum absolute atomic E-state index is 12.2. The zero-order valence-electron chi connectivity index (χ0n) is 15.8. The van der Waals surface area contributed by atoms with Crippen LogP contribution in [0.3, 0.4) is 0 Å². The fourth-order valence-corrected chi connectivity index (χ4v) is 4.72. The minimum atomic E-state index is -3.03. The van der Waals surface area contributed by atoms with Gasteiger partial charge in [0.25, 0.3) is 0 Å². The minimum absolute atomic E-state index is 0. The van der Waals surface area contributed by atoms with Gasteiger partial charge in [-0.25, -0.2) is 8.42 Å². The zero-order chi connectivity index (χ0) is 17.6. The zero-order valence-corrected chi connectivity index (χ0v) is 18.9. The predicted molar refractivity (Wildman–Crippen MR) is 114 cm³/mol. The molecule has 0 aromatic carbocycles. The summed E-state index contributed by atoms with van der Waals surface area (Å²) in [6, 6.07) is 0. The molecule has 1 saturated heterocycles. The van der Waals surface area contributed by atoms with Gasteiger partial charge in [-0.2, -0.15) is 0 Å². The van der Waals surface area contributed by atoms with Gasteiger partial charge < -0.3 is 15.0 Å². The van der Waals surface area contributed by atoms with Crippen molar-refractivity contribution in [3.05, 3.63) is 0 Å². The lowest BCUT2D eigenvalue weighted by Gasteiger charge is -2.39. The third kappa shape index (κ3) is 6.53. The Bertz CT molecular complexity index is 531. The van der Waals surface area contributed by atoms with E-state index in [2.05, 4.69) is 15.2 Å².